The molecule has 0 spiro atoms. The van der Waals surface area contributed by atoms with Gasteiger partial charge in [0.15, 0.2) is 8.68 Å². The molecule has 1 aromatic heterocycles. The molecule has 0 radical (unpaired) electrons. The second-order valence-corrected chi connectivity index (χ2v) is 8.29. The van der Waals surface area contributed by atoms with Crippen LogP contribution in [0, 0.1) is 0 Å². The molecule has 126 valence electrons. The molecule has 24 heavy (non-hydrogen) atoms. The van der Waals surface area contributed by atoms with E-state index in [9.17, 15) is 9.59 Å². The SMILES string of the molecule is CSc1nnc(SCC(=O)Nc2ccccc2N2CCCC2=O)s1. The van der Waals surface area contributed by atoms with E-state index < -0.39 is 0 Å². The molecule has 1 N–H and O–H groups in total. The van der Waals surface area contributed by atoms with Gasteiger partial charge in [-0.15, -0.1) is 10.2 Å². The van der Waals surface area contributed by atoms with Gasteiger partial charge in [0.25, 0.3) is 0 Å². The molecule has 6 nitrogen and oxygen atoms in total. The second kappa shape index (κ2) is 8.00. The summed E-state index contributed by atoms with van der Waals surface area (Å²) in [7, 11) is 0. The van der Waals surface area contributed by atoms with E-state index in [-0.39, 0.29) is 17.6 Å². The van der Waals surface area contributed by atoms with Gasteiger partial charge in [0.1, 0.15) is 0 Å². The van der Waals surface area contributed by atoms with Gasteiger partial charge in [-0.05, 0) is 24.8 Å². The Kier molecular flexibility index (Phi) is 5.75. The molecule has 1 aliphatic rings. The summed E-state index contributed by atoms with van der Waals surface area (Å²) >= 11 is 4.37. The average molecular weight is 381 g/mol. The zero-order valence-corrected chi connectivity index (χ0v) is 15.5. The van der Waals surface area contributed by atoms with Crippen LogP contribution in [0.15, 0.2) is 32.9 Å². The van der Waals surface area contributed by atoms with E-state index in [1.165, 1.54) is 34.9 Å². The molecule has 1 aromatic carbocycles. The molecule has 3 rings (SSSR count). The van der Waals surface area contributed by atoms with Crippen LogP contribution in [0.1, 0.15) is 12.8 Å². The van der Waals surface area contributed by atoms with E-state index in [1.807, 2.05) is 30.5 Å². The van der Waals surface area contributed by atoms with Crippen molar-refractivity contribution >= 4 is 58.0 Å². The third kappa shape index (κ3) is 4.08. The van der Waals surface area contributed by atoms with Gasteiger partial charge in [-0.3, -0.25) is 9.59 Å². The van der Waals surface area contributed by atoms with Crippen molar-refractivity contribution in [2.24, 2.45) is 0 Å². The molecule has 2 aromatic rings. The van der Waals surface area contributed by atoms with Gasteiger partial charge in [-0.25, -0.2) is 0 Å². The van der Waals surface area contributed by atoms with Crippen molar-refractivity contribution in [2.75, 3.05) is 28.8 Å². The predicted molar refractivity (Wildman–Crippen MR) is 99.1 cm³/mol. The first-order chi connectivity index (χ1) is 11.7. The number of para-hydroxylation sites is 2. The molecule has 1 fully saturated rings. The summed E-state index contributed by atoms with van der Waals surface area (Å²) in [6, 6.07) is 7.40. The summed E-state index contributed by atoms with van der Waals surface area (Å²) in [5, 5.41) is 10.9. The highest BCUT2D eigenvalue weighted by Crippen LogP contribution is 2.30. The Hall–Kier alpha value is -1.58. The lowest BCUT2D eigenvalue weighted by Crippen LogP contribution is -2.25. The van der Waals surface area contributed by atoms with E-state index in [2.05, 4.69) is 15.5 Å². The quantitative estimate of drug-likeness (QED) is 0.776. The fourth-order valence-corrected chi connectivity index (χ4v) is 4.61. The van der Waals surface area contributed by atoms with Gasteiger partial charge >= 0.3 is 0 Å². The Balaban J connectivity index is 1.63. The number of hydrogen-bond donors (Lipinski definition) is 1. The van der Waals surface area contributed by atoms with Crippen LogP contribution >= 0.6 is 34.9 Å². The molecular weight excluding hydrogens is 364 g/mol. The van der Waals surface area contributed by atoms with Crippen molar-refractivity contribution in [1.82, 2.24) is 10.2 Å². The third-order valence-corrected chi connectivity index (χ3v) is 6.46. The Morgan fingerprint density at radius 2 is 2.12 bits per heavy atom. The number of rotatable bonds is 6. The summed E-state index contributed by atoms with van der Waals surface area (Å²) in [5.41, 5.74) is 1.43. The monoisotopic (exact) mass is 380 g/mol. The fraction of sp³-hybridized carbons (Fsp3) is 0.333. The number of carbonyl (C=O) groups is 2. The van der Waals surface area contributed by atoms with Crippen LogP contribution in [0.25, 0.3) is 0 Å². The van der Waals surface area contributed by atoms with Gasteiger partial charge in [-0.1, -0.05) is 47.0 Å². The lowest BCUT2D eigenvalue weighted by molar-refractivity contribution is -0.117. The van der Waals surface area contributed by atoms with Crippen LogP contribution in [0.4, 0.5) is 11.4 Å². The second-order valence-electron chi connectivity index (χ2n) is 5.04. The summed E-state index contributed by atoms with van der Waals surface area (Å²) in [6.07, 6.45) is 3.36. The normalized spacial score (nSPS) is 14.2. The number of thioether (sulfide) groups is 2. The molecule has 1 aliphatic heterocycles. The first-order valence-corrected chi connectivity index (χ1v) is 10.4. The van der Waals surface area contributed by atoms with E-state index in [0.717, 1.165) is 20.8 Å². The first-order valence-electron chi connectivity index (χ1n) is 7.37. The lowest BCUT2D eigenvalue weighted by Gasteiger charge is -2.19. The predicted octanol–water partition coefficient (Wildman–Crippen LogP) is 3.12. The van der Waals surface area contributed by atoms with E-state index in [1.54, 1.807) is 4.90 Å². The minimum Gasteiger partial charge on any atom is -0.324 e. The van der Waals surface area contributed by atoms with Gasteiger partial charge in [0.2, 0.25) is 11.8 Å². The molecule has 9 heteroatoms. The Bertz CT molecular complexity index is 750. The standard InChI is InChI=1S/C15H16N4O2S3/c1-22-14-17-18-15(24-14)23-9-12(20)16-10-5-2-3-6-11(10)19-8-4-7-13(19)21/h2-3,5-6H,4,7-9H2,1H3,(H,16,20). The highest BCUT2D eigenvalue weighted by molar-refractivity contribution is 8.03. The summed E-state index contributed by atoms with van der Waals surface area (Å²) in [4.78, 5) is 25.9. The summed E-state index contributed by atoms with van der Waals surface area (Å²) in [5.74, 6) is 0.232. The van der Waals surface area contributed by atoms with Gasteiger partial charge < -0.3 is 10.2 Å². The number of nitrogens with zero attached hydrogens (tertiary/aromatic N) is 3. The van der Waals surface area contributed by atoms with Crippen molar-refractivity contribution in [3.05, 3.63) is 24.3 Å². The molecule has 1 saturated heterocycles. The van der Waals surface area contributed by atoms with Crippen molar-refractivity contribution in [3.8, 4) is 0 Å². The average Bonchev–Trinajstić information content (AvgIpc) is 3.22. The van der Waals surface area contributed by atoms with Crippen LogP contribution in [0.3, 0.4) is 0 Å². The minimum atomic E-state index is -0.125. The minimum absolute atomic E-state index is 0.101. The number of benzene rings is 1. The van der Waals surface area contributed by atoms with Gasteiger partial charge in [0.05, 0.1) is 17.1 Å². The summed E-state index contributed by atoms with van der Waals surface area (Å²) < 4.78 is 1.66. The zero-order chi connectivity index (χ0) is 16.9. The summed E-state index contributed by atoms with van der Waals surface area (Å²) in [6.45, 7) is 0.697. The molecule has 0 atom stereocenters. The van der Waals surface area contributed by atoms with Crippen LogP contribution in [-0.2, 0) is 9.59 Å². The molecule has 2 amide bonds. The highest BCUT2D eigenvalue weighted by Gasteiger charge is 2.24. The van der Waals surface area contributed by atoms with Crippen LogP contribution in [-0.4, -0.2) is 40.6 Å². The van der Waals surface area contributed by atoms with Gasteiger partial charge in [0, 0.05) is 13.0 Å². The Labute approximate surface area is 152 Å². The molecular formula is C15H16N4O2S3. The van der Waals surface area contributed by atoms with Gasteiger partial charge in [-0.2, -0.15) is 0 Å². The lowest BCUT2D eigenvalue weighted by atomic mass is 10.2. The number of nitrogens with one attached hydrogen (secondary N) is 1. The zero-order valence-electron chi connectivity index (χ0n) is 13.0. The Morgan fingerprint density at radius 1 is 1.33 bits per heavy atom. The van der Waals surface area contributed by atoms with Crippen LogP contribution in [0.2, 0.25) is 0 Å². The van der Waals surface area contributed by atoms with Crippen LogP contribution < -0.4 is 10.2 Å². The number of aromatic nitrogens is 2. The molecule has 0 bridgehead atoms. The van der Waals surface area contributed by atoms with Crippen molar-refractivity contribution in [1.29, 1.82) is 0 Å². The molecule has 2 heterocycles. The topological polar surface area (TPSA) is 75.2 Å². The van der Waals surface area contributed by atoms with E-state index >= 15 is 0 Å². The number of carbonyl (C=O) groups excluding carboxylic acids is 2. The molecule has 0 unspecified atom stereocenters. The first kappa shape index (κ1) is 17.2. The molecule has 0 aliphatic carbocycles. The smallest absolute Gasteiger partial charge is 0.234 e. The fourth-order valence-electron chi connectivity index (χ4n) is 2.37. The number of anilines is 2. The highest BCUT2D eigenvalue weighted by atomic mass is 32.2. The largest absolute Gasteiger partial charge is 0.324 e. The van der Waals surface area contributed by atoms with E-state index in [0.29, 0.717) is 18.7 Å². The van der Waals surface area contributed by atoms with Crippen molar-refractivity contribution < 1.29 is 9.59 Å². The van der Waals surface area contributed by atoms with Crippen molar-refractivity contribution in [3.63, 3.8) is 0 Å². The Morgan fingerprint density at radius 3 is 2.83 bits per heavy atom. The maximum atomic E-state index is 12.2. The maximum absolute atomic E-state index is 12.2. The number of amides is 2. The molecule has 0 saturated carbocycles. The third-order valence-electron chi connectivity index (χ3n) is 3.43. The van der Waals surface area contributed by atoms with E-state index in [4.69, 9.17) is 0 Å². The maximum Gasteiger partial charge on any atom is 0.234 e. The number of hydrogen-bond acceptors (Lipinski definition) is 7. The van der Waals surface area contributed by atoms with Crippen LogP contribution in [0.5, 0.6) is 0 Å². The van der Waals surface area contributed by atoms with Crippen molar-refractivity contribution in [2.45, 2.75) is 21.5 Å².